The van der Waals surface area contributed by atoms with Gasteiger partial charge in [0.2, 0.25) is 0 Å². The Kier molecular flexibility index (Phi) is 5.24. The Morgan fingerprint density at radius 3 is 2.87 bits per heavy atom. The third-order valence-corrected chi connectivity index (χ3v) is 4.06. The Morgan fingerprint density at radius 2 is 2.22 bits per heavy atom. The molecule has 0 aliphatic heterocycles. The molecule has 0 atom stereocenters. The predicted octanol–water partition coefficient (Wildman–Crippen LogP) is 1.92. The Bertz CT molecular complexity index is 783. The van der Waals surface area contributed by atoms with Gasteiger partial charge in [-0.05, 0) is 7.05 Å². The zero-order valence-electron chi connectivity index (χ0n) is 12.3. The Labute approximate surface area is 135 Å². The maximum atomic E-state index is 11.7. The normalized spacial score (nSPS) is 10.9. The predicted molar refractivity (Wildman–Crippen MR) is 85.6 cm³/mol. The van der Waals surface area contributed by atoms with Crippen molar-refractivity contribution in [2.24, 2.45) is 0 Å². The van der Waals surface area contributed by atoms with Gasteiger partial charge in [-0.25, -0.2) is 0 Å². The average molecular weight is 337 g/mol. The number of hydrogen-bond acceptors (Lipinski definition) is 6. The lowest BCUT2D eigenvalue weighted by Gasteiger charge is -2.15. The Morgan fingerprint density at radius 1 is 1.48 bits per heavy atom. The summed E-state index contributed by atoms with van der Waals surface area (Å²) in [5, 5.41) is 19.6. The molecule has 0 radical (unpaired) electrons. The van der Waals surface area contributed by atoms with Crippen molar-refractivity contribution in [3.8, 4) is 11.3 Å². The number of non-ortho nitro benzene ring substituents is 1. The molecular weight excluding hydrogens is 322 g/mol. The van der Waals surface area contributed by atoms with Crippen molar-refractivity contribution in [3.05, 3.63) is 48.9 Å². The second-order valence-electron chi connectivity index (χ2n) is 5.00. The van der Waals surface area contributed by atoms with Gasteiger partial charge >= 0.3 is 10.8 Å². The van der Waals surface area contributed by atoms with E-state index >= 15 is 0 Å². The average Bonchev–Trinajstić information content (AvgIpc) is 2.86. The lowest BCUT2D eigenvalue weighted by Crippen LogP contribution is -2.21. The molecule has 0 bridgehead atoms. The number of nitro benzene ring substituents is 1. The third kappa shape index (κ3) is 4.47. The number of thiazole rings is 1. The van der Waals surface area contributed by atoms with Gasteiger partial charge in [-0.15, -0.1) is 0 Å². The van der Waals surface area contributed by atoms with Crippen LogP contribution in [0.1, 0.15) is 11.3 Å². The number of aromatic nitrogens is 1. The van der Waals surface area contributed by atoms with Crippen molar-refractivity contribution in [1.29, 1.82) is 0 Å². The van der Waals surface area contributed by atoms with Crippen LogP contribution in [0.15, 0.2) is 29.1 Å². The molecule has 0 spiro atoms. The highest BCUT2D eigenvalue weighted by Gasteiger charge is 2.15. The molecule has 122 valence electrons. The van der Waals surface area contributed by atoms with Gasteiger partial charge in [0.15, 0.2) is 0 Å². The zero-order chi connectivity index (χ0) is 17.0. The minimum absolute atomic E-state index is 0.00195. The van der Waals surface area contributed by atoms with Gasteiger partial charge in [0, 0.05) is 35.7 Å². The highest BCUT2D eigenvalue weighted by atomic mass is 32.1. The summed E-state index contributed by atoms with van der Waals surface area (Å²) in [7, 11) is 1.75. The quantitative estimate of drug-likeness (QED) is 0.589. The summed E-state index contributed by atoms with van der Waals surface area (Å²) >= 11 is 1.02. The second-order valence-corrected chi connectivity index (χ2v) is 6.07. The van der Waals surface area contributed by atoms with Gasteiger partial charge < -0.3 is 15.0 Å². The third-order valence-electron chi connectivity index (χ3n) is 3.19. The summed E-state index contributed by atoms with van der Waals surface area (Å²) in [4.78, 5) is 37.6. The van der Waals surface area contributed by atoms with Crippen LogP contribution in [0, 0.1) is 10.1 Å². The smallest absolute Gasteiger partial charge is 0.305 e. The molecule has 9 heteroatoms. The van der Waals surface area contributed by atoms with E-state index < -0.39 is 10.9 Å². The molecule has 0 aliphatic carbocycles. The van der Waals surface area contributed by atoms with Crippen LogP contribution in [0.25, 0.3) is 11.3 Å². The highest BCUT2D eigenvalue weighted by Crippen LogP contribution is 2.27. The van der Waals surface area contributed by atoms with Crippen molar-refractivity contribution in [1.82, 2.24) is 9.88 Å². The van der Waals surface area contributed by atoms with Gasteiger partial charge in [-0.2, -0.15) is 0 Å². The first-order chi connectivity index (χ1) is 10.9. The van der Waals surface area contributed by atoms with Gasteiger partial charge in [0.05, 0.1) is 17.0 Å². The number of nitrogens with one attached hydrogen (secondary N) is 1. The van der Waals surface area contributed by atoms with Crippen LogP contribution in [-0.4, -0.2) is 39.5 Å². The number of rotatable bonds is 7. The highest BCUT2D eigenvalue weighted by molar-refractivity contribution is 7.09. The standard InChI is InChI=1S/C14H15N3O5S/c1-16(6-5-12(18)19)8-11-13(15-14(20)23-11)9-3-2-4-10(7-9)17(21)22/h2-4,7H,5-6,8H2,1H3,(H,15,20)(H,18,19). The molecule has 0 fully saturated rings. The van der Waals surface area contributed by atoms with Crippen LogP contribution in [0.3, 0.4) is 0 Å². The van der Waals surface area contributed by atoms with Crippen molar-refractivity contribution >= 4 is 23.0 Å². The van der Waals surface area contributed by atoms with Gasteiger partial charge in [-0.3, -0.25) is 19.7 Å². The van der Waals surface area contributed by atoms with Crippen molar-refractivity contribution < 1.29 is 14.8 Å². The van der Waals surface area contributed by atoms with E-state index in [1.54, 1.807) is 24.1 Å². The minimum atomic E-state index is -0.891. The fourth-order valence-electron chi connectivity index (χ4n) is 2.09. The number of benzene rings is 1. The molecule has 2 N–H and O–H groups in total. The number of aromatic amines is 1. The first-order valence-electron chi connectivity index (χ1n) is 6.74. The number of nitrogens with zero attached hydrogens (tertiary/aromatic N) is 2. The maximum absolute atomic E-state index is 11.7. The largest absolute Gasteiger partial charge is 0.481 e. The molecule has 1 aromatic carbocycles. The molecule has 0 saturated heterocycles. The number of carboxylic acids is 1. The fourth-order valence-corrected chi connectivity index (χ4v) is 3.02. The molecule has 0 unspecified atom stereocenters. The molecule has 2 aromatic rings. The van der Waals surface area contributed by atoms with E-state index in [2.05, 4.69) is 4.98 Å². The Hall–Kier alpha value is -2.52. The van der Waals surface area contributed by atoms with E-state index in [1.807, 2.05) is 0 Å². The Balaban J connectivity index is 2.27. The number of carboxylic acid groups (broad SMARTS) is 1. The second kappa shape index (κ2) is 7.16. The molecule has 1 aromatic heterocycles. The van der Waals surface area contributed by atoms with Crippen LogP contribution >= 0.6 is 11.3 Å². The SMILES string of the molecule is CN(CCC(=O)O)Cc1sc(=O)[nH]c1-c1cccc([N+](=O)[O-])c1. The lowest BCUT2D eigenvalue weighted by molar-refractivity contribution is -0.384. The number of nitro groups is 1. The van der Waals surface area contributed by atoms with Crippen LogP contribution in [-0.2, 0) is 11.3 Å². The maximum Gasteiger partial charge on any atom is 0.305 e. The van der Waals surface area contributed by atoms with E-state index in [9.17, 15) is 19.7 Å². The van der Waals surface area contributed by atoms with Crippen LogP contribution < -0.4 is 4.87 Å². The molecule has 0 amide bonds. The molecule has 23 heavy (non-hydrogen) atoms. The van der Waals surface area contributed by atoms with E-state index in [0.29, 0.717) is 29.2 Å². The molecule has 0 aliphatic rings. The zero-order valence-corrected chi connectivity index (χ0v) is 13.1. The van der Waals surface area contributed by atoms with Gasteiger partial charge in [0.25, 0.3) is 5.69 Å². The summed E-state index contributed by atoms with van der Waals surface area (Å²) in [5.74, 6) is -0.891. The monoisotopic (exact) mass is 337 g/mol. The molecule has 2 rings (SSSR count). The summed E-state index contributed by atoms with van der Waals surface area (Å²) in [5.41, 5.74) is 1.03. The summed E-state index contributed by atoms with van der Waals surface area (Å²) in [6, 6.07) is 6.03. The molecule has 1 heterocycles. The number of aliphatic carboxylic acids is 1. The lowest BCUT2D eigenvalue weighted by atomic mass is 10.1. The first-order valence-corrected chi connectivity index (χ1v) is 7.55. The molecule has 8 nitrogen and oxygen atoms in total. The number of hydrogen-bond donors (Lipinski definition) is 2. The van der Waals surface area contributed by atoms with Gasteiger partial charge in [0.1, 0.15) is 0 Å². The van der Waals surface area contributed by atoms with Crippen molar-refractivity contribution in [2.75, 3.05) is 13.6 Å². The van der Waals surface area contributed by atoms with Gasteiger partial charge in [-0.1, -0.05) is 23.5 Å². The van der Waals surface area contributed by atoms with Crippen LogP contribution in [0.2, 0.25) is 0 Å². The number of carbonyl (C=O) groups is 1. The topological polar surface area (TPSA) is 117 Å². The summed E-state index contributed by atoms with van der Waals surface area (Å²) in [6.07, 6.45) is 0.00195. The van der Waals surface area contributed by atoms with Crippen molar-refractivity contribution in [3.63, 3.8) is 0 Å². The first kappa shape index (κ1) is 16.8. The number of H-pyrrole nitrogens is 1. The van der Waals surface area contributed by atoms with Crippen molar-refractivity contribution in [2.45, 2.75) is 13.0 Å². The van der Waals surface area contributed by atoms with E-state index in [1.165, 1.54) is 12.1 Å². The molecular formula is C14H15N3O5S. The van der Waals surface area contributed by atoms with Crippen LogP contribution in [0.5, 0.6) is 0 Å². The van der Waals surface area contributed by atoms with E-state index in [4.69, 9.17) is 5.11 Å². The summed E-state index contributed by atoms with van der Waals surface area (Å²) in [6.45, 7) is 0.727. The molecule has 0 saturated carbocycles. The van der Waals surface area contributed by atoms with Crippen LogP contribution in [0.4, 0.5) is 5.69 Å². The van der Waals surface area contributed by atoms with E-state index in [-0.39, 0.29) is 17.0 Å². The fraction of sp³-hybridized carbons (Fsp3) is 0.286. The minimum Gasteiger partial charge on any atom is -0.481 e. The van der Waals surface area contributed by atoms with E-state index in [0.717, 1.165) is 11.3 Å². The summed E-state index contributed by atoms with van der Waals surface area (Å²) < 4.78 is 0.